The Morgan fingerprint density at radius 1 is 1.11 bits per heavy atom. The summed E-state index contributed by atoms with van der Waals surface area (Å²) >= 11 is 0. The first-order valence-electron chi connectivity index (χ1n) is 3.60. The summed E-state index contributed by atoms with van der Waals surface area (Å²) in [6, 6.07) is 0. The highest BCUT2D eigenvalue weighted by Gasteiger charge is 2.77. The molecule has 0 N–H and O–H groups in total. The van der Waals surface area contributed by atoms with Gasteiger partial charge in [0.1, 0.15) is 0 Å². The Labute approximate surface area is 92.7 Å². The highest BCUT2D eigenvalue weighted by molar-refractivity contribution is 4.84. The number of nitrogens with zero attached hydrogens (tertiary/aromatic N) is 8. The topological polar surface area (TPSA) is 176 Å². The summed E-state index contributed by atoms with van der Waals surface area (Å²) in [5.74, 6) is -5.92. The Kier molecular flexibility index (Phi) is 2.94. The second-order valence-electron chi connectivity index (χ2n) is 2.50. The monoisotopic (exact) mass is 270 g/mol. The molecule has 98 valence electrons. The molecular weight excluding hydrogens is 270 g/mol. The molecule has 0 saturated carbocycles. The predicted octanol–water partition coefficient (Wildman–Crippen LogP) is -1.68. The van der Waals surface area contributed by atoms with Gasteiger partial charge in [-0.05, 0) is 19.1 Å². The zero-order chi connectivity index (χ0) is 14.1. The largest absolute Gasteiger partial charge is 0.767 e. The summed E-state index contributed by atoms with van der Waals surface area (Å²) in [6.45, 7) is 0. The molecule has 1 rings (SSSR count). The van der Waals surface area contributed by atoms with Gasteiger partial charge >= 0.3 is 11.6 Å². The maximum absolute atomic E-state index is 11.9. The average molecular weight is 270 g/mol. The molecule has 16 heteroatoms. The van der Waals surface area contributed by atoms with Gasteiger partial charge in [-0.15, -0.1) is 0 Å². The Balaban J connectivity index is 3.47. The first-order chi connectivity index (χ1) is 8.24. The molecule has 18 heavy (non-hydrogen) atoms. The SMILES string of the molecule is O=[N+]([O-])C(c1nnn(N(F)F)n1)([N+](=O)[O-])[N+](=O)[O-]. The number of halogens is 2. The minimum Gasteiger partial charge on any atom is -0.252 e. The minimum absolute atomic E-state index is 0.694. The van der Waals surface area contributed by atoms with E-state index in [4.69, 9.17) is 0 Å². The lowest BCUT2D eigenvalue weighted by Gasteiger charge is -2.03. The lowest BCUT2D eigenvalue weighted by Crippen LogP contribution is -2.51. The molecule has 0 aliphatic carbocycles. The molecule has 1 heterocycles. The minimum atomic E-state index is -4.20. The van der Waals surface area contributed by atoms with Crippen LogP contribution in [-0.4, -0.2) is 35.1 Å². The molecule has 0 unspecified atom stereocenters. The van der Waals surface area contributed by atoms with E-state index in [1.54, 1.807) is 0 Å². The zero-order valence-corrected chi connectivity index (χ0v) is 7.78. The highest BCUT2D eigenvalue weighted by Crippen LogP contribution is 2.22. The summed E-state index contributed by atoms with van der Waals surface area (Å²) in [4.78, 5) is 25.0. The van der Waals surface area contributed by atoms with Crippen LogP contribution in [0, 0.1) is 30.3 Å². The second kappa shape index (κ2) is 4.07. The molecule has 0 spiro atoms. The first-order valence-corrected chi connectivity index (χ1v) is 3.60. The van der Waals surface area contributed by atoms with Crippen molar-refractivity contribution in [1.29, 1.82) is 0 Å². The molecule has 14 nitrogen and oxygen atoms in total. The van der Waals surface area contributed by atoms with Crippen LogP contribution in [0.1, 0.15) is 5.82 Å². The second-order valence-corrected chi connectivity index (χ2v) is 2.50. The van der Waals surface area contributed by atoms with E-state index in [1.165, 1.54) is 0 Å². The molecule has 0 radical (unpaired) electrons. The maximum atomic E-state index is 11.9. The molecule has 1 aromatic rings. The summed E-state index contributed by atoms with van der Waals surface area (Å²) in [5, 5.41) is 38.9. The molecule has 0 bridgehead atoms. The van der Waals surface area contributed by atoms with Crippen molar-refractivity contribution in [2.24, 2.45) is 0 Å². The van der Waals surface area contributed by atoms with E-state index in [9.17, 15) is 39.3 Å². The zero-order valence-electron chi connectivity index (χ0n) is 7.78. The van der Waals surface area contributed by atoms with Gasteiger partial charge in [0.15, 0.2) is 14.8 Å². The standard InChI is InChI=1S/C2F2N8O6/c3-11(4)12-6-1(5-7-12)2(8(13)14,9(15)16)10(17)18. The fourth-order valence-electron chi connectivity index (χ4n) is 0.850. The van der Waals surface area contributed by atoms with E-state index in [0.717, 1.165) is 0 Å². The van der Waals surface area contributed by atoms with Gasteiger partial charge in [-0.3, -0.25) is 30.3 Å². The number of nitro groups is 3. The normalized spacial score (nSPS) is 11.0. The third-order valence-electron chi connectivity index (χ3n) is 1.60. The number of hydrogen-bond donors (Lipinski definition) is 0. The van der Waals surface area contributed by atoms with E-state index in [0.29, 0.717) is 0 Å². The maximum Gasteiger partial charge on any atom is 0.767 e. The van der Waals surface area contributed by atoms with Crippen molar-refractivity contribution >= 4 is 0 Å². The van der Waals surface area contributed by atoms with Gasteiger partial charge in [0, 0.05) is 0 Å². The van der Waals surface area contributed by atoms with Crippen molar-refractivity contribution in [3.8, 4) is 0 Å². The van der Waals surface area contributed by atoms with Crippen molar-refractivity contribution in [3.63, 3.8) is 0 Å². The molecule has 0 fully saturated rings. The highest BCUT2D eigenvalue weighted by atomic mass is 19.4. The van der Waals surface area contributed by atoms with Crippen molar-refractivity contribution in [3.05, 3.63) is 36.2 Å². The van der Waals surface area contributed by atoms with Crippen LogP contribution in [0.15, 0.2) is 0 Å². The summed E-state index contributed by atoms with van der Waals surface area (Å²) in [6.07, 6.45) is 0. The molecule has 0 aliphatic rings. The Hall–Kier alpha value is -3.07. The van der Waals surface area contributed by atoms with Crippen molar-refractivity contribution in [1.82, 2.24) is 20.3 Å². The molecule has 0 amide bonds. The van der Waals surface area contributed by atoms with E-state index in [-0.39, 0.29) is 0 Å². The summed E-state index contributed by atoms with van der Waals surface area (Å²) in [5.41, 5.74) is -1.85. The van der Waals surface area contributed by atoms with Crippen LogP contribution in [-0.2, 0) is 5.79 Å². The van der Waals surface area contributed by atoms with Crippen LogP contribution >= 0.6 is 0 Å². The number of aromatic nitrogens is 4. The van der Waals surface area contributed by atoms with Crippen molar-refractivity contribution in [2.75, 3.05) is 5.45 Å². The number of tetrazole rings is 1. The van der Waals surface area contributed by atoms with Crippen LogP contribution in [0.5, 0.6) is 0 Å². The molecule has 0 aromatic carbocycles. The quantitative estimate of drug-likeness (QED) is 0.259. The molecular formula is C2F2N8O6. The predicted molar refractivity (Wildman–Crippen MR) is 40.9 cm³/mol. The Morgan fingerprint density at radius 3 is 1.83 bits per heavy atom. The molecule has 1 aromatic heterocycles. The molecule has 0 aliphatic heterocycles. The van der Waals surface area contributed by atoms with Gasteiger partial charge in [-0.2, -0.15) is 0 Å². The van der Waals surface area contributed by atoms with Gasteiger partial charge in [0.2, 0.25) is 0 Å². The fourth-order valence-corrected chi connectivity index (χ4v) is 0.850. The van der Waals surface area contributed by atoms with Crippen LogP contribution in [0.2, 0.25) is 0 Å². The van der Waals surface area contributed by atoms with E-state index >= 15 is 0 Å². The third-order valence-corrected chi connectivity index (χ3v) is 1.60. The van der Waals surface area contributed by atoms with E-state index in [2.05, 4.69) is 15.4 Å². The average Bonchev–Trinajstić information content (AvgIpc) is 2.66. The van der Waals surface area contributed by atoms with Gasteiger partial charge in [0.05, 0.1) is 5.45 Å². The van der Waals surface area contributed by atoms with Gasteiger partial charge < -0.3 is 0 Å². The molecule has 0 saturated heterocycles. The smallest absolute Gasteiger partial charge is 0.252 e. The number of rotatable bonds is 5. The van der Waals surface area contributed by atoms with E-state index < -0.39 is 36.7 Å². The lowest BCUT2D eigenvalue weighted by molar-refractivity contribution is -0.987. The van der Waals surface area contributed by atoms with Crippen LogP contribution in [0.3, 0.4) is 0 Å². The number of hydrogen-bond acceptors (Lipinski definition) is 10. The van der Waals surface area contributed by atoms with Crippen LogP contribution in [0.4, 0.5) is 8.96 Å². The molecule has 0 atom stereocenters. The Bertz CT molecular complexity index is 475. The van der Waals surface area contributed by atoms with Gasteiger partial charge in [-0.25, -0.2) is 0 Å². The summed E-state index contributed by atoms with van der Waals surface area (Å²) < 4.78 is 23.8. The third kappa shape index (κ3) is 1.60. The van der Waals surface area contributed by atoms with Gasteiger partial charge in [0.25, 0.3) is 0 Å². The van der Waals surface area contributed by atoms with Crippen molar-refractivity contribution in [2.45, 2.75) is 5.79 Å². The van der Waals surface area contributed by atoms with E-state index in [1.807, 2.05) is 0 Å². The fraction of sp³-hybridized carbons (Fsp3) is 0.500. The lowest BCUT2D eigenvalue weighted by atomic mass is 10.3. The first kappa shape index (κ1) is 13.0. The van der Waals surface area contributed by atoms with Gasteiger partial charge in [-0.1, -0.05) is 10.2 Å². The van der Waals surface area contributed by atoms with Crippen LogP contribution < -0.4 is 5.45 Å². The van der Waals surface area contributed by atoms with Crippen molar-refractivity contribution < 1.29 is 23.7 Å². The summed E-state index contributed by atoms with van der Waals surface area (Å²) in [7, 11) is 0. The van der Waals surface area contributed by atoms with Crippen LogP contribution in [0.25, 0.3) is 0 Å². The Morgan fingerprint density at radius 2 is 1.56 bits per heavy atom.